The number of nitrogens with zero attached hydrogens (tertiary/aromatic N) is 2. The smallest absolute Gasteiger partial charge is 0.339 e. The highest BCUT2D eigenvalue weighted by Crippen LogP contribution is 2.37. The van der Waals surface area contributed by atoms with Gasteiger partial charge in [-0.15, -0.1) is 0 Å². The van der Waals surface area contributed by atoms with Gasteiger partial charge in [-0.3, -0.25) is 0 Å². The van der Waals surface area contributed by atoms with Crippen LogP contribution in [0.5, 0.6) is 0 Å². The Morgan fingerprint density at radius 2 is 1.56 bits per heavy atom. The number of carbonyl (C=O) groups is 2. The first-order chi connectivity index (χ1) is 15.9. The Bertz CT molecular complexity index is 1190. The van der Waals surface area contributed by atoms with E-state index in [1.165, 1.54) is 12.1 Å². The summed E-state index contributed by atoms with van der Waals surface area (Å²) in [5, 5.41) is 3.04. The van der Waals surface area contributed by atoms with Gasteiger partial charge in [0.25, 0.3) is 10.0 Å². The number of nitrogens with one attached hydrogen (secondary N) is 1. The Balaban J connectivity index is 2.31. The zero-order valence-corrected chi connectivity index (χ0v) is 21.1. The summed E-state index contributed by atoms with van der Waals surface area (Å²) in [7, 11) is -6.93. The molecule has 3 rings (SSSR count). The van der Waals surface area contributed by atoms with Gasteiger partial charge in [0.05, 0.1) is 25.4 Å². The van der Waals surface area contributed by atoms with Gasteiger partial charge in [0.2, 0.25) is 10.0 Å². The highest BCUT2D eigenvalue weighted by atomic mass is 32.2. The van der Waals surface area contributed by atoms with Gasteiger partial charge in [0.15, 0.2) is 6.04 Å². The number of methoxy groups -OCH3 is 2. The quantitative estimate of drug-likeness (QED) is 0.527. The number of esters is 2. The fraction of sp³-hybridized carbons (Fsp3) is 0.524. The van der Waals surface area contributed by atoms with Crippen LogP contribution in [0.1, 0.15) is 37.7 Å². The summed E-state index contributed by atoms with van der Waals surface area (Å²) in [5.41, 5.74) is 0.333. The molecule has 1 aromatic carbocycles. The van der Waals surface area contributed by atoms with Crippen molar-refractivity contribution in [2.24, 2.45) is 0 Å². The molecule has 0 radical (unpaired) electrons. The van der Waals surface area contributed by atoms with Gasteiger partial charge in [-0.2, -0.15) is 12.8 Å². The second-order valence-electron chi connectivity index (χ2n) is 8.26. The lowest BCUT2D eigenvalue weighted by atomic mass is 9.95. The van der Waals surface area contributed by atoms with Gasteiger partial charge in [0.1, 0.15) is 11.4 Å². The maximum absolute atomic E-state index is 13.8. The van der Waals surface area contributed by atoms with Crippen molar-refractivity contribution in [3.05, 3.63) is 41.2 Å². The molecule has 2 aliphatic rings. The van der Waals surface area contributed by atoms with E-state index in [0.717, 1.165) is 45.3 Å². The second-order valence-corrected chi connectivity index (χ2v) is 11.9. The van der Waals surface area contributed by atoms with Gasteiger partial charge < -0.3 is 14.8 Å². The lowest BCUT2D eigenvalue weighted by molar-refractivity contribution is -0.147. The van der Waals surface area contributed by atoms with Crippen LogP contribution in [0.3, 0.4) is 0 Å². The van der Waals surface area contributed by atoms with Crippen LogP contribution in [-0.4, -0.2) is 70.2 Å². The van der Waals surface area contributed by atoms with Crippen LogP contribution in [0, 0.1) is 6.92 Å². The number of hydrogen-bond donors (Lipinski definition) is 1. The lowest BCUT2D eigenvalue weighted by Gasteiger charge is -2.33. The van der Waals surface area contributed by atoms with Gasteiger partial charge in [-0.05, 0) is 31.9 Å². The molecule has 13 heteroatoms. The lowest BCUT2D eigenvalue weighted by Crippen LogP contribution is -2.53. The number of rotatable bonds is 7. The summed E-state index contributed by atoms with van der Waals surface area (Å²) < 4.78 is 63.9. The Hall–Kier alpha value is -2.64. The zero-order chi connectivity index (χ0) is 25.3. The van der Waals surface area contributed by atoms with E-state index in [1.807, 2.05) is 0 Å². The van der Waals surface area contributed by atoms with E-state index in [1.54, 1.807) is 19.1 Å². The maximum atomic E-state index is 13.8. The summed E-state index contributed by atoms with van der Waals surface area (Å²) in [5.74, 6) is -2.51. The Kier molecular flexibility index (Phi) is 7.58. The molecular weight excluding hydrogens is 486 g/mol. The van der Waals surface area contributed by atoms with Crippen LogP contribution in [0.4, 0.5) is 0 Å². The molecule has 1 unspecified atom stereocenters. The normalized spacial score (nSPS) is 20.4. The fourth-order valence-electron chi connectivity index (χ4n) is 4.12. The summed E-state index contributed by atoms with van der Waals surface area (Å²) in [6, 6.07) is 3.64. The molecule has 1 saturated carbocycles. The monoisotopic (exact) mass is 515 g/mol. The first-order valence-corrected chi connectivity index (χ1v) is 14.0. The number of sulfonamides is 2. The van der Waals surface area contributed by atoms with Gasteiger partial charge >= 0.3 is 11.9 Å². The Morgan fingerprint density at radius 1 is 0.971 bits per heavy atom. The molecule has 1 aliphatic heterocycles. The van der Waals surface area contributed by atoms with Crippen molar-refractivity contribution in [1.29, 1.82) is 0 Å². The summed E-state index contributed by atoms with van der Waals surface area (Å²) in [6.07, 6.45) is 4.86. The number of carbonyl (C=O) groups excluding carboxylic acids is 2. The third-order valence-electron chi connectivity index (χ3n) is 5.78. The molecule has 0 saturated heterocycles. The fourth-order valence-corrected chi connectivity index (χ4v) is 7.05. The molecule has 1 aliphatic carbocycles. The minimum atomic E-state index is -4.59. The van der Waals surface area contributed by atoms with Crippen molar-refractivity contribution >= 4 is 32.0 Å². The molecule has 11 nitrogen and oxygen atoms in total. The van der Waals surface area contributed by atoms with Crippen LogP contribution in [0.15, 0.2) is 40.6 Å². The third kappa shape index (κ3) is 4.91. The molecule has 1 N–H and O–H groups in total. The third-order valence-corrected chi connectivity index (χ3v) is 8.62. The van der Waals surface area contributed by atoms with Crippen molar-refractivity contribution in [3.8, 4) is 0 Å². The van der Waals surface area contributed by atoms with E-state index in [4.69, 9.17) is 9.47 Å². The van der Waals surface area contributed by atoms with Crippen LogP contribution in [-0.2, 0) is 39.1 Å². The van der Waals surface area contributed by atoms with E-state index in [9.17, 15) is 26.4 Å². The molecule has 0 aromatic heterocycles. The number of benzene rings is 1. The Labute approximate surface area is 199 Å². The predicted octanol–water partition coefficient (Wildman–Crippen LogP) is 1.02. The maximum Gasteiger partial charge on any atom is 0.339 e. The molecule has 188 valence electrons. The minimum Gasteiger partial charge on any atom is -0.468 e. The van der Waals surface area contributed by atoms with Gasteiger partial charge in [-0.1, -0.05) is 41.4 Å². The van der Waals surface area contributed by atoms with Gasteiger partial charge in [-0.25, -0.2) is 18.0 Å². The first kappa shape index (κ1) is 26.0. The van der Waals surface area contributed by atoms with E-state index in [-0.39, 0.29) is 16.8 Å². The predicted molar refractivity (Wildman–Crippen MR) is 122 cm³/mol. The SMILES string of the molecule is COC(=O)C1=C(NC2CCCCC2)N(S(=O)(=O)c2ccc(C)cc2)N(S(C)(=O)=O)C1C(=O)OC. The summed E-state index contributed by atoms with van der Waals surface area (Å²) in [4.78, 5) is 25.4. The van der Waals surface area contributed by atoms with Crippen LogP contribution < -0.4 is 5.32 Å². The minimum absolute atomic E-state index is 0.218. The van der Waals surface area contributed by atoms with E-state index >= 15 is 0 Å². The molecule has 1 fully saturated rings. The molecule has 0 spiro atoms. The number of hydrazine groups is 1. The number of ether oxygens (including phenoxy) is 2. The number of hydrogen-bond acceptors (Lipinski definition) is 9. The van der Waals surface area contributed by atoms with Crippen LogP contribution >= 0.6 is 0 Å². The average molecular weight is 516 g/mol. The highest BCUT2D eigenvalue weighted by Gasteiger charge is 2.56. The summed E-state index contributed by atoms with van der Waals surface area (Å²) >= 11 is 0. The highest BCUT2D eigenvalue weighted by molar-refractivity contribution is 7.91. The molecular formula is C21H29N3O8S2. The number of aryl methyl sites for hydroxylation is 1. The zero-order valence-electron chi connectivity index (χ0n) is 19.5. The first-order valence-electron chi connectivity index (χ1n) is 10.7. The van der Waals surface area contributed by atoms with Crippen molar-refractivity contribution < 1.29 is 35.9 Å². The molecule has 0 bridgehead atoms. The van der Waals surface area contributed by atoms with E-state index in [0.29, 0.717) is 21.7 Å². The van der Waals surface area contributed by atoms with Crippen molar-refractivity contribution in [3.63, 3.8) is 0 Å². The van der Waals surface area contributed by atoms with E-state index < -0.39 is 43.6 Å². The van der Waals surface area contributed by atoms with Gasteiger partial charge in [0, 0.05) is 6.04 Å². The van der Waals surface area contributed by atoms with Crippen molar-refractivity contribution in [2.45, 2.75) is 56.0 Å². The van der Waals surface area contributed by atoms with Crippen LogP contribution in [0.25, 0.3) is 0 Å². The second kappa shape index (κ2) is 9.92. The average Bonchev–Trinajstić information content (AvgIpc) is 3.15. The van der Waals surface area contributed by atoms with Crippen molar-refractivity contribution in [2.75, 3.05) is 20.5 Å². The largest absolute Gasteiger partial charge is 0.468 e. The van der Waals surface area contributed by atoms with E-state index in [2.05, 4.69) is 5.32 Å². The van der Waals surface area contributed by atoms with Crippen molar-refractivity contribution in [1.82, 2.24) is 14.1 Å². The molecule has 1 atom stereocenters. The Morgan fingerprint density at radius 3 is 2.06 bits per heavy atom. The standard InChI is InChI=1S/C21H29N3O8S2/c1-14-10-12-16(13-11-14)34(29,30)24-19(22-15-8-6-5-7-9-15)17(20(25)31-2)18(21(26)32-3)23(24)33(4,27)28/h10-13,15,18,22H,5-9H2,1-4H3. The van der Waals surface area contributed by atoms with Crippen LogP contribution in [0.2, 0.25) is 0 Å². The topological polar surface area (TPSA) is 139 Å². The molecule has 34 heavy (non-hydrogen) atoms. The summed E-state index contributed by atoms with van der Waals surface area (Å²) in [6.45, 7) is 1.77. The molecule has 1 heterocycles. The molecule has 1 aromatic rings. The molecule has 0 amide bonds.